The first-order valence-electron chi connectivity index (χ1n) is 8.70. The fourth-order valence-corrected chi connectivity index (χ4v) is 2.89. The van der Waals surface area contributed by atoms with Gasteiger partial charge in [0.15, 0.2) is 0 Å². The zero-order valence-corrected chi connectivity index (χ0v) is 16.1. The third kappa shape index (κ3) is 5.32. The molecule has 140 valence electrons. The van der Waals surface area contributed by atoms with Crippen LogP contribution >= 0.6 is 11.6 Å². The van der Waals surface area contributed by atoms with E-state index >= 15 is 0 Å². The first-order chi connectivity index (χ1) is 13.0. The Morgan fingerprint density at radius 1 is 1.33 bits per heavy atom. The number of nitriles is 1. The molecule has 1 aromatic heterocycles. The van der Waals surface area contributed by atoms with Crippen molar-refractivity contribution < 1.29 is 9.53 Å². The standard InChI is InChI=1S/C21H21ClN2O3/c1-3-5-9-27-21(26)14-24-13-16(6-4-2)19(11-20(24)25)18-10-17(22)8-7-15(18)12-23/h3,5,7-8,10-11,13H,4,6,9,14H2,1-2H3/b5-3+. The number of allylic oxidation sites excluding steroid dienone is 1. The Balaban J connectivity index is 2.45. The molecule has 2 rings (SSSR count). The second-order valence-corrected chi connectivity index (χ2v) is 6.42. The number of halogens is 1. The normalized spacial score (nSPS) is 10.7. The molecule has 0 amide bonds. The van der Waals surface area contributed by atoms with Gasteiger partial charge in [0.25, 0.3) is 5.56 Å². The molecular formula is C21H21ClN2O3. The number of aromatic nitrogens is 1. The van der Waals surface area contributed by atoms with Gasteiger partial charge in [0.1, 0.15) is 13.2 Å². The van der Waals surface area contributed by atoms with E-state index < -0.39 is 5.97 Å². The van der Waals surface area contributed by atoms with Crippen LogP contribution in [0.15, 0.2) is 47.4 Å². The molecule has 0 atom stereocenters. The predicted octanol–water partition coefficient (Wildman–Crippen LogP) is 4.11. The SMILES string of the molecule is C/C=C/COC(=O)Cn1cc(CCC)c(-c2cc(Cl)ccc2C#N)cc1=O. The Hall–Kier alpha value is -2.84. The van der Waals surface area contributed by atoms with Crippen molar-refractivity contribution in [1.82, 2.24) is 4.57 Å². The summed E-state index contributed by atoms with van der Waals surface area (Å²) >= 11 is 6.09. The topological polar surface area (TPSA) is 72.1 Å². The molecule has 27 heavy (non-hydrogen) atoms. The number of hydrogen-bond donors (Lipinski definition) is 0. The van der Waals surface area contributed by atoms with Crippen LogP contribution in [-0.2, 0) is 22.5 Å². The van der Waals surface area contributed by atoms with Gasteiger partial charge < -0.3 is 9.30 Å². The number of esters is 1. The van der Waals surface area contributed by atoms with Crippen LogP contribution in [0.5, 0.6) is 0 Å². The zero-order valence-electron chi connectivity index (χ0n) is 15.4. The molecular weight excluding hydrogens is 364 g/mol. The predicted molar refractivity (Wildman–Crippen MR) is 106 cm³/mol. The van der Waals surface area contributed by atoms with Gasteiger partial charge in [-0.3, -0.25) is 9.59 Å². The van der Waals surface area contributed by atoms with E-state index in [0.717, 1.165) is 12.0 Å². The van der Waals surface area contributed by atoms with Crippen molar-refractivity contribution in [3.63, 3.8) is 0 Å². The number of rotatable bonds is 7. The number of aryl methyl sites for hydroxylation is 1. The van der Waals surface area contributed by atoms with Gasteiger partial charge in [-0.05, 0) is 42.7 Å². The largest absolute Gasteiger partial charge is 0.460 e. The Kier molecular flexibility index (Phi) is 7.39. The minimum Gasteiger partial charge on any atom is -0.460 e. The number of carbonyl (C=O) groups is 1. The van der Waals surface area contributed by atoms with E-state index in [4.69, 9.17) is 16.3 Å². The van der Waals surface area contributed by atoms with Gasteiger partial charge in [-0.15, -0.1) is 0 Å². The Morgan fingerprint density at radius 2 is 2.11 bits per heavy atom. The highest BCUT2D eigenvalue weighted by Crippen LogP contribution is 2.29. The quantitative estimate of drug-likeness (QED) is 0.532. The number of hydrogen-bond acceptors (Lipinski definition) is 4. The summed E-state index contributed by atoms with van der Waals surface area (Å²) in [6.45, 7) is 3.87. The highest BCUT2D eigenvalue weighted by Gasteiger charge is 2.14. The lowest BCUT2D eigenvalue weighted by Crippen LogP contribution is -2.25. The fraction of sp³-hybridized carbons (Fsp3) is 0.286. The van der Waals surface area contributed by atoms with Gasteiger partial charge in [-0.1, -0.05) is 37.1 Å². The van der Waals surface area contributed by atoms with E-state index in [0.29, 0.717) is 28.1 Å². The molecule has 0 bridgehead atoms. The second-order valence-electron chi connectivity index (χ2n) is 5.98. The summed E-state index contributed by atoms with van der Waals surface area (Å²) in [6, 6.07) is 8.56. The summed E-state index contributed by atoms with van der Waals surface area (Å²) in [7, 11) is 0. The van der Waals surface area contributed by atoms with Crippen LogP contribution in [0, 0.1) is 11.3 Å². The number of nitrogens with zero attached hydrogens (tertiary/aromatic N) is 2. The fourth-order valence-electron chi connectivity index (χ4n) is 2.72. The van der Waals surface area contributed by atoms with Crippen LogP contribution in [0.3, 0.4) is 0 Å². The van der Waals surface area contributed by atoms with Crippen LogP contribution in [0.25, 0.3) is 11.1 Å². The van der Waals surface area contributed by atoms with Crippen LogP contribution in [-0.4, -0.2) is 17.1 Å². The summed E-state index contributed by atoms with van der Waals surface area (Å²) in [5.41, 5.74) is 2.27. The molecule has 0 aliphatic heterocycles. The van der Waals surface area contributed by atoms with Crippen molar-refractivity contribution >= 4 is 17.6 Å². The molecule has 0 aliphatic carbocycles. The number of ether oxygens (including phenoxy) is 1. The Labute approximate surface area is 163 Å². The summed E-state index contributed by atoms with van der Waals surface area (Å²) in [5, 5.41) is 9.88. The average molecular weight is 385 g/mol. The molecule has 5 nitrogen and oxygen atoms in total. The van der Waals surface area contributed by atoms with E-state index in [9.17, 15) is 14.9 Å². The van der Waals surface area contributed by atoms with Crippen LogP contribution < -0.4 is 5.56 Å². The summed E-state index contributed by atoms with van der Waals surface area (Å²) in [4.78, 5) is 24.5. The van der Waals surface area contributed by atoms with Crippen molar-refractivity contribution in [3.05, 3.63) is 69.1 Å². The highest BCUT2D eigenvalue weighted by atomic mass is 35.5. The van der Waals surface area contributed by atoms with Gasteiger partial charge in [0.05, 0.1) is 11.6 Å². The molecule has 0 radical (unpaired) electrons. The maximum absolute atomic E-state index is 12.5. The first-order valence-corrected chi connectivity index (χ1v) is 9.08. The molecule has 0 spiro atoms. The molecule has 1 aromatic carbocycles. The van der Waals surface area contributed by atoms with Crippen molar-refractivity contribution in [2.45, 2.75) is 33.2 Å². The summed E-state index contributed by atoms with van der Waals surface area (Å²) in [5.74, 6) is -0.481. The molecule has 6 heteroatoms. The smallest absolute Gasteiger partial charge is 0.326 e. The number of benzene rings is 1. The third-order valence-corrected chi connectivity index (χ3v) is 4.23. The van der Waals surface area contributed by atoms with Crippen molar-refractivity contribution in [1.29, 1.82) is 5.26 Å². The van der Waals surface area contributed by atoms with E-state index in [1.54, 1.807) is 36.5 Å². The van der Waals surface area contributed by atoms with Crippen LogP contribution in [0.1, 0.15) is 31.4 Å². The second kappa shape index (κ2) is 9.75. The maximum atomic E-state index is 12.5. The van der Waals surface area contributed by atoms with Gasteiger partial charge >= 0.3 is 5.97 Å². The van der Waals surface area contributed by atoms with E-state index in [-0.39, 0.29) is 18.7 Å². The molecule has 2 aromatic rings. The Bertz CT molecular complexity index is 955. The van der Waals surface area contributed by atoms with Crippen molar-refractivity contribution in [3.8, 4) is 17.2 Å². The molecule has 0 unspecified atom stereocenters. The molecule has 1 heterocycles. The van der Waals surface area contributed by atoms with E-state index in [2.05, 4.69) is 6.07 Å². The van der Waals surface area contributed by atoms with Gasteiger partial charge in [0.2, 0.25) is 0 Å². The summed E-state index contributed by atoms with van der Waals surface area (Å²) in [6.07, 6.45) is 6.71. The van der Waals surface area contributed by atoms with Gasteiger partial charge in [-0.2, -0.15) is 5.26 Å². The van der Waals surface area contributed by atoms with Crippen molar-refractivity contribution in [2.24, 2.45) is 0 Å². The van der Waals surface area contributed by atoms with E-state index in [1.807, 2.05) is 13.8 Å². The van der Waals surface area contributed by atoms with E-state index in [1.165, 1.54) is 10.6 Å². The monoisotopic (exact) mass is 384 g/mol. The van der Waals surface area contributed by atoms with Crippen LogP contribution in [0.4, 0.5) is 0 Å². The third-order valence-electron chi connectivity index (χ3n) is 4.00. The average Bonchev–Trinajstić information content (AvgIpc) is 2.64. The number of pyridine rings is 1. The molecule has 0 saturated heterocycles. The number of carbonyl (C=O) groups excluding carboxylic acids is 1. The zero-order chi connectivity index (χ0) is 19.8. The van der Waals surface area contributed by atoms with Gasteiger partial charge in [0, 0.05) is 22.8 Å². The first kappa shape index (κ1) is 20.5. The minimum atomic E-state index is -0.481. The summed E-state index contributed by atoms with van der Waals surface area (Å²) < 4.78 is 6.40. The minimum absolute atomic E-state index is 0.159. The van der Waals surface area contributed by atoms with Gasteiger partial charge in [-0.25, -0.2) is 0 Å². The maximum Gasteiger partial charge on any atom is 0.326 e. The molecule has 0 fully saturated rings. The lowest BCUT2D eigenvalue weighted by atomic mass is 9.95. The molecule has 0 N–H and O–H groups in total. The Morgan fingerprint density at radius 3 is 2.78 bits per heavy atom. The molecule has 0 saturated carbocycles. The van der Waals surface area contributed by atoms with Crippen LogP contribution in [0.2, 0.25) is 5.02 Å². The van der Waals surface area contributed by atoms with Crippen molar-refractivity contribution in [2.75, 3.05) is 6.61 Å². The lowest BCUT2D eigenvalue weighted by Gasteiger charge is -2.14. The molecule has 0 aliphatic rings. The lowest BCUT2D eigenvalue weighted by molar-refractivity contribution is -0.143. The highest BCUT2D eigenvalue weighted by molar-refractivity contribution is 6.30.